The van der Waals surface area contributed by atoms with Gasteiger partial charge in [0.25, 0.3) is 0 Å². The Morgan fingerprint density at radius 2 is 1.95 bits per heavy atom. The molecule has 0 aliphatic carbocycles. The van der Waals surface area contributed by atoms with Crippen molar-refractivity contribution in [2.45, 2.75) is 44.6 Å². The molecule has 0 atom stereocenters. The number of benzene rings is 1. The van der Waals surface area contributed by atoms with E-state index in [4.69, 9.17) is 0 Å². The third kappa shape index (κ3) is 3.65. The lowest BCUT2D eigenvalue weighted by atomic mass is 10.0. The maximum Gasteiger partial charge on any atom is 0.243 e. The van der Waals surface area contributed by atoms with Crippen LogP contribution in [0.15, 0.2) is 23.1 Å². The fraction of sp³-hybridized carbons (Fsp3) is 0.625. The highest BCUT2D eigenvalue weighted by molar-refractivity contribution is 7.89. The zero-order valence-corrected chi connectivity index (χ0v) is 14.0. The molecule has 1 fully saturated rings. The monoisotopic (exact) mass is 310 g/mol. The first-order valence-electron chi connectivity index (χ1n) is 7.75. The summed E-state index contributed by atoms with van der Waals surface area (Å²) >= 11 is 0. The lowest BCUT2D eigenvalue weighted by molar-refractivity contribution is 0.288. The average Bonchev–Trinajstić information content (AvgIpc) is 2.48. The van der Waals surface area contributed by atoms with Gasteiger partial charge < -0.3 is 5.32 Å². The van der Waals surface area contributed by atoms with Gasteiger partial charge in [-0.05, 0) is 49.4 Å². The van der Waals surface area contributed by atoms with E-state index in [-0.39, 0.29) is 0 Å². The van der Waals surface area contributed by atoms with Gasteiger partial charge in [-0.2, -0.15) is 4.31 Å². The Labute approximate surface area is 128 Å². The second-order valence-electron chi connectivity index (χ2n) is 5.91. The number of piperidine rings is 1. The number of hydrogen-bond acceptors (Lipinski definition) is 3. The van der Waals surface area contributed by atoms with Crippen LogP contribution in [0.5, 0.6) is 0 Å². The molecular formula is C16H26N2O2S. The summed E-state index contributed by atoms with van der Waals surface area (Å²) in [7, 11) is -1.49. The summed E-state index contributed by atoms with van der Waals surface area (Å²) in [5.74, 6) is 0.623. The van der Waals surface area contributed by atoms with Crippen molar-refractivity contribution in [3.63, 3.8) is 0 Å². The van der Waals surface area contributed by atoms with Gasteiger partial charge in [0.2, 0.25) is 10.0 Å². The van der Waals surface area contributed by atoms with Gasteiger partial charge in [-0.3, -0.25) is 0 Å². The Morgan fingerprint density at radius 1 is 1.29 bits per heavy atom. The van der Waals surface area contributed by atoms with E-state index < -0.39 is 10.0 Å². The van der Waals surface area contributed by atoms with Crippen molar-refractivity contribution >= 4 is 10.0 Å². The van der Waals surface area contributed by atoms with Crippen LogP contribution in [0.1, 0.15) is 37.8 Å². The van der Waals surface area contributed by atoms with E-state index in [1.165, 1.54) is 0 Å². The second kappa shape index (κ2) is 6.90. The summed E-state index contributed by atoms with van der Waals surface area (Å²) in [6, 6.07) is 5.79. The van der Waals surface area contributed by atoms with Crippen molar-refractivity contribution in [2.24, 2.45) is 5.92 Å². The Balaban J connectivity index is 2.35. The molecule has 4 nitrogen and oxygen atoms in total. The van der Waals surface area contributed by atoms with Gasteiger partial charge in [-0.25, -0.2) is 8.42 Å². The van der Waals surface area contributed by atoms with Crippen LogP contribution in [0.2, 0.25) is 0 Å². The van der Waals surface area contributed by atoms with E-state index in [9.17, 15) is 8.42 Å². The highest BCUT2D eigenvalue weighted by atomic mass is 32.2. The first-order valence-corrected chi connectivity index (χ1v) is 9.19. The third-order valence-electron chi connectivity index (χ3n) is 4.25. The Hall–Kier alpha value is -0.910. The molecule has 1 aliphatic rings. The Morgan fingerprint density at radius 3 is 2.52 bits per heavy atom. The van der Waals surface area contributed by atoms with Gasteiger partial charge in [0.1, 0.15) is 0 Å². The third-order valence-corrected chi connectivity index (χ3v) is 6.23. The standard InChI is InChI=1S/C16H26N2O2S/c1-4-15-6-5-14(12-17-3)11-16(15)21(19,20)18-9-7-13(2)8-10-18/h5-6,11,13,17H,4,7-10,12H2,1-3H3. The minimum atomic E-state index is -3.36. The molecule has 1 aliphatic heterocycles. The molecule has 1 aromatic carbocycles. The van der Waals surface area contributed by atoms with Gasteiger partial charge in [0.05, 0.1) is 4.90 Å². The zero-order valence-electron chi connectivity index (χ0n) is 13.2. The molecule has 0 spiro atoms. The highest BCUT2D eigenvalue weighted by Gasteiger charge is 2.29. The SMILES string of the molecule is CCc1ccc(CNC)cc1S(=O)(=O)N1CCC(C)CC1. The molecule has 0 radical (unpaired) electrons. The maximum atomic E-state index is 12.9. The first kappa shape index (κ1) is 16.5. The molecular weight excluding hydrogens is 284 g/mol. The van der Waals surface area contributed by atoms with Crippen LogP contribution in [0.3, 0.4) is 0 Å². The van der Waals surface area contributed by atoms with Gasteiger partial charge in [0.15, 0.2) is 0 Å². The molecule has 1 saturated heterocycles. The van der Waals surface area contributed by atoms with Crippen molar-refractivity contribution in [3.05, 3.63) is 29.3 Å². The molecule has 0 bridgehead atoms. The van der Waals surface area contributed by atoms with E-state index >= 15 is 0 Å². The summed E-state index contributed by atoms with van der Waals surface area (Å²) in [5.41, 5.74) is 1.92. The summed E-state index contributed by atoms with van der Waals surface area (Å²) < 4.78 is 27.5. The minimum Gasteiger partial charge on any atom is -0.316 e. The largest absolute Gasteiger partial charge is 0.316 e. The molecule has 0 aromatic heterocycles. The number of aryl methyl sites for hydroxylation is 1. The quantitative estimate of drug-likeness (QED) is 0.908. The van der Waals surface area contributed by atoms with Crippen molar-refractivity contribution in [2.75, 3.05) is 20.1 Å². The van der Waals surface area contributed by atoms with Crippen molar-refractivity contribution in [1.82, 2.24) is 9.62 Å². The molecule has 0 amide bonds. The van der Waals surface area contributed by atoms with Crippen LogP contribution in [-0.4, -0.2) is 32.9 Å². The molecule has 118 valence electrons. The number of nitrogens with zero attached hydrogens (tertiary/aromatic N) is 1. The molecule has 5 heteroatoms. The topological polar surface area (TPSA) is 49.4 Å². The van der Waals surface area contributed by atoms with E-state index in [1.54, 1.807) is 4.31 Å². The molecule has 1 heterocycles. The van der Waals surface area contributed by atoms with Gasteiger partial charge in [0, 0.05) is 19.6 Å². The van der Waals surface area contributed by atoms with E-state index in [0.717, 1.165) is 30.4 Å². The van der Waals surface area contributed by atoms with Crippen LogP contribution in [-0.2, 0) is 23.0 Å². The second-order valence-corrected chi connectivity index (χ2v) is 7.82. The van der Waals surface area contributed by atoms with Crippen LogP contribution >= 0.6 is 0 Å². The number of rotatable bonds is 5. The van der Waals surface area contributed by atoms with Crippen molar-refractivity contribution < 1.29 is 8.42 Å². The van der Waals surface area contributed by atoms with Gasteiger partial charge in [-0.15, -0.1) is 0 Å². The lowest BCUT2D eigenvalue weighted by Gasteiger charge is -2.30. The number of hydrogen-bond donors (Lipinski definition) is 1. The molecule has 0 saturated carbocycles. The summed E-state index contributed by atoms with van der Waals surface area (Å²) in [6.45, 7) is 6.16. The maximum absolute atomic E-state index is 12.9. The lowest BCUT2D eigenvalue weighted by Crippen LogP contribution is -2.38. The average molecular weight is 310 g/mol. The molecule has 1 aromatic rings. The molecule has 21 heavy (non-hydrogen) atoms. The highest BCUT2D eigenvalue weighted by Crippen LogP contribution is 2.26. The summed E-state index contributed by atoms with van der Waals surface area (Å²) in [5, 5.41) is 3.08. The Kier molecular flexibility index (Phi) is 5.41. The van der Waals surface area contributed by atoms with Gasteiger partial charge >= 0.3 is 0 Å². The Bertz CT molecular complexity index is 576. The number of nitrogens with one attached hydrogen (secondary N) is 1. The van der Waals surface area contributed by atoms with E-state index in [0.29, 0.717) is 30.4 Å². The molecule has 1 N–H and O–H groups in total. The van der Waals surface area contributed by atoms with Crippen LogP contribution in [0, 0.1) is 5.92 Å². The van der Waals surface area contributed by atoms with Crippen LogP contribution < -0.4 is 5.32 Å². The van der Waals surface area contributed by atoms with E-state index in [2.05, 4.69) is 12.2 Å². The van der Waals surface area contributed by atoms with E-state index in [1.807, 2.05) is 32.2 Å². The predicted molar refractivity (Wildman–Crippen MR) is 85.7 cm³/mol. The normalized spacial score (nSPS) is 18.0. The summed E-state index contributed by atoms with van der Waals surface area (Å²) in [4.78, 5) is 0.493. The first-order chi connectivity index (χ1) is 9.98. The van der Waals surface area contributed by atoms with Crippen LogP contribution in [0.25, 0.3) is 0 Å². The fourth-order valence-electron chi connectivity index (χ4n) is 2.81. The van der Waals surface area contributed by atoms with Crippen molar-refractivity contribution in [3.8, 4) is 0 Å². The zero-order chi connectivity index (χ0) is 15.5. The summed E-state index contributed by atoms with van der Waals surface area (Å²) in [6.07, 6.45) is 2.65. The molecule has 2 rings (SSSR count). The van der Waals surface area contributed by atoms with Crippen molar-refractivity contribution in [1.29, 1.82) is 0 Å². The van der Waals surface area contributed by atoms with Crippen LogP contribution in [0.4, 0.5) is 0 Å². The minimum absolute atomic E-state index is 0.493. The number of sulfonamides is 1. The predicted octanol–water partition coefficient (Wildman–Crippen LogP) is 2.39. The van der Waals surface area contributed by atoms with Gasteiger partial charge in [-0.1, -0.05) is 26.0 Å². The smallest absolute Gasteiger partial charge is 0.243 e. The molecule has 0 unspecified atom stereocenters. The fourth-order valence-corrected chi connectivity index (χ4v) is 4.62.